The maximum absolute atomic E-state index is 2.59. The van der Waals surface area contributed by atoms with Crippen LogP contribution in [0.25, 0.3) is 0 Å². The fraction of sp³-hybridized carbons (Fsp3) is 0.733. The molecule has 0 heterocycles. The molecule has 4 rings (SSSR count). The zero-order valence-corrected chi connectivity index (χ0v) is 26.2. The molecule has 0 bridgehead atoms. The van der Waals surface area contributed by atoms with Gasteiger partial charge in [0.25, 0.3) is 0 Å². The Kier molecular flexibility index (Phi) is 10.1. The quantitative estimate of drug-likeness (QED) is 0.315. The Morgan fingerprint density at radius 3 is 1.21 bits per heavy atom. The van der Waals surface area contributed by atoms with Crippen LogP contribution < -0.4 is 0 Å². The van der Waals surface area contributed by atoms with Crippen molar-refractivity contribution >= 4 is 24.8 Å². The van der Waals surface area contributed by atoms with E-state index in [2.05, 4.69) is 65.8 Å². The first-order valence-electron chi connectivity index (χ1n) is 13.2. The van der Waals surface area contributed by atoms with Crippen LogP contribution in [0.4, 0.5) is 0 Å². The average Bonchev–Trinajstić information content (AvgIpc) is 3.38. The molecule has 0 saturated heterocycles. The molecule has 0 spiro atoms. The van der Waals surface area contributed by atoms with E-state index in [4.69, 9.17) is 0 Å². The summed E-state index contributed by atoms with van der Waals surface area (Å²) in [5.74, 6) is 0. The molecule has 0 aliphatic heterocycles. The van der Waals surface area contributed by atoms with Gasteiger partial charge in [-0.2, -0.15) is 0 Å². The van der Waals surface area contributed by atoms with E-state index in [-0.39, 0.29) is 24.8 Å². The zero-order valence-electron chi connectivity index (χ0n) is 22.1. The first-order chi connectivity index (χ1) is 14.6. The monoisotopic (exact) mass is 568 g/mol. The molecule has 0 N–H and O–H groups in total. The fourth-order valence-electron chi connectivity index (χ4n) is 7.48. The molecule has 2 saturated carbocycles. The van der Waals surface area contributed by atoms with Gasteiger partial charge < -0.3 is 0 Å². The van der Waals surface area contributed by atoms with Gasteiger partial charge in [0, 0.05) is 0 Å². The summed E-state index contributed by atoms with van der Waals surface area (Å²) in [6.07, 6.45) is 27.0. The van der Waals surface area contributed by atoms with Crippen LogP contribution in [-0.4, -0.2) is 0 Å². The molecule has 4 aliphatic rings. The molecular formula is C30H48Cl2Zr. The summed E-state index contributed by atoms with van der Waals surface area (Å²) >= 11 is -0.735. The van der Waals surface area contributed by atoms with Crippen LogP contribution in [0.3, 0.4) is 0 Å². The van der Waals surface area contributed by atoms with Crippen LogP contribution in [-0.2, 0) is 23.2 Å². The van der Waals surface area contributed by atoms with Gasteiger partial charge in [-0.3, -0.25) is 0 Å². The van der Waals surface area contributed by atoms with Crippen molar-refractivity contribution in [2.45, 2.75) is 119 Å². The van der Waals surface area contributed by atoms with Gasteiger partial charge in [-0.1, -0.05) is 0 Å². The van der Waals surface area contributed by atoms with Crippen LogP contribution in [0.5, 0.6) is 0 Å². The SMILES string of the molecule is CC(C)(C)C1(C2=[C]([Zr][C]3=C(C4(C(C)(C)C)CCCCC4)C=CC3)CC=C2)CCCCC1.Cl.Cl. The standard InChI is InChI=1S/2C15H23.2ClH.Zr/c2*1-14(2,3)15(11-7-4-8-12-15)13-9-5-6-10-13;;;/h2*5,9H,4,6-8,11-12H2,1-3H3;2*1H;. The Morgan fingerprint density at radius 2 is 0.909 bits per heavy atom. The maximum atomic E-state index is 2.59. The van der Waals surface area contributed by atoms with E-state index >= 15 is 0 Å². The van der Waals surface area contributed by atoms with Crippen molar-refractivity contribution in [2.24, 2.45) is 21.7 Å². The number of halogens is 2. The second-order valence-electron chi connectivity index (χ2n) is 12.9. The number of rotatable bonds is 4. The van der Waals surface area contributed by atoms with Crippen molar-refractivity contribution in [1.82, 2.24) is 0 Å². The van der Waals surface area contributed by atoms with Crippen molar-refractivity contribution in [2.75, 3.05) is 0 Å². The van der Waals surface area contributed by atoms with E-state index in [0.717, 1.165) is 0 Å². The van der Waals surface area contributed by atoms with Crippen molar-refractivity contribution in [3.8, 4) is 0 Å². The largest absolute Gasteiger partial charge is 0.147 e. The van der Waals surface area contributed by atoms with Crippen molar-refractivity contribution < 1.29 is 23.2 Å². The molecule has 0 aromatic carbocycles. The van der Waals surface area contributed by atoms with E-state index in [1.807, 2.05) is 17.7 Å². The summed E-state index contributed by atoms with van der Waals surface area (Å²) in [6.45, 7) is 15.2. The zero-order chi connectivity index (χ0) is 22.3. The number of allylic oxidation sites excluding steroid dienone is 8. The minimum atomic E-state index is -0.735. The van der Waals surface area contributed by atoms with Crippen LogP contribution in [0, 0.1) is 21.7 Å². The second-order valence-corrected chi connectivity index (χ2v) is 16.5. The first kappa shape index (κ1) is 29.7. The van der Waals surface area contributed by atoms with E-state index in [1.54, 1.807) is 0 Å². The first-order valence-corrected chi connectivity index (χ1v) is 15.6. The van der Waals surface area contributed by atoms with Gasteiger partial charge in [-0.05, 0) is 0 Å². The predicted molar refractivity (Wildman–Crippen MR) is 146 cm³/mol. The summed E-state index contributed by atoms with van der Waals surface area (Å²) in [5, 5.41) is 0. The Hall–Kier alpha value is 0.423. The maximum Gasteiger partial charge on any atom is -0.147 e. The third-order valence-electron chi connectivity index (χ3n) is 9.48. The fourth-order valence-corrected chi connectivity index (χ4v) is 11.7. The summed E-state index contributed by atoms with van der Waals surface area (Å²) < 4.78 is 3.85. The molecule has 0 radical (unpaired) electrons. The summed E-state index contributed by atoms with van der Waals surface area (Å²) in [6, 6.07) is 0. The van der Waals surface area contributed by atoms with E-state index in [9.17, 15) is 0 Å². The Labute approximate surface area is 229 Å². The molecule has 33 heavy (non-hydrogen) atoms. The van der Waals surface area contributed by atoms with E-state index in [0.29, 0.717) is 21.7 Å². The Balaban J connectivity index is 0.00000193. The minimum Gasteiger partial charge on any atom is -0.147 e. The molecule has 0 unspecified atom stereocenters. The second kappa shape index (κ2) is 11.2. The summed E-state index contributed by atoms with van der Waals surface area (Å²) in [7, 11) is 0. The van der Waals surface area contributed by atoms with Crippen molar-refractivity contribution in [3.63, 3.8) is 0 Å². The Morgan fingerprint density at radius 1 is 0.576 bits per heavy atom. The minimum absolute atomic E-state index is 0. The van der Waals surface area contributed by atoms with Gasteiger partial charge in [0.15, 0.2) is 0 Å². The van der Waals surface area contributed by atoms with Gasteiger partial charge in [-0.15, -0.1) is 24.8 Å². The van der Waals surface area contributed by atoms with Gasteiger partial charge in [0.2, 0.25) is 0 Å². The van der Waals surface area contributed by atoms with Gasteiger partial charge >= 0.3 is 205 Å². The molecule has 0 amide bonds. The molecule has 3 heteroatoms. The van der Waals surface area contributed by atoms with Gasteiger partial charge in [0.05, 0.1) is 0 Å². The van der Waals surface area contributed by atoms with E-state index in [1.165, 1.54) is 77.0 Å². The molecule has 186 valence electrons. The van der Waals surface area contributed by atoms with Crippen molar-refractivity contribution in [1.29, 1.82) is 0 Å². The normalized spacial score (nSPS) is 24.5. The molecule has 0 aromatic heterocycles. The molecule has 0 atom stereocenters. The van der Waals surface area contributed by atoms with Crippen LogP contribution in [0.15, 0.2) is 42.0 Å². The summed E-state index contributed by atoms with van der Waals surface area (Å²) in [4.78, 5) is 0. The molecule has 0 aromatic rings. The smallest absolute Gasteiger partial charge is 0.147 e. The molecule has 2 fully saturated rings. The third kappa shape index (κ3) is 5.42. The van der Waals surface area contributed by atoms with Crippen LogP contribution in [0.2, 0.25) is 0 Å². The van der Waals surface area contributed by atoms with Gasteiger partial charge in [-0.25, -0.2) is 0 Å². The predicted octanol–water partition coefficient (Wildman–Crippen LogP) is 10.3. The molecule has 4 aliphatic carbocycles. The third-order valence-corrected chi connectivity index (χ3v) is 13.3. The van der Waals surface area contributed by atoms with Gasteiger partial charge in [0.1, 0.15) is 0 Å². The number of hydrogen-bond acceptors (Lipinski definition) is 0. The molecular weight excluding hydrogens is 522 g/mol. The van der Waals surface area contributed by atoms with Crippen molar-refractivity contribution in [3.05, 3.63) is 42.0 Å². The number of hydrogen-bond donors (Lipinski definition) is 0. The topological polar surface area (TPSA) is 0 Å². The molecule has 0 nitrogen and oxygen atoms in total. The summed E-state index contributed by atoms with van der Waals surface area (Å²) in [5.41, 5.74) is 5.21. The van der Waals surface area contributed by atoms with E-state index < -0.39 is 23.2 Å². The average molecular weight is 571 g/mol. The van der Waals surface area contributed by atoms with Crippen LogP contribution >= 0.6 is 24.8 Å². The Bertz CT molecular complexity index is 733. The van der Waals surface area contributed by atoms with Crippen LogP contribution in [0.1, 0.15) is 119 Å².